The van der Waals surface area contributed by atoms with E-state index >= 15 is 0 Å². The molecule has 5 aliphatic carbocycles. The highest BCUT2D eigenvalue weighted by Crippen LogP contribution is 2.88. The Bertz CT molecular complexity index is 1500. The largest absolute Gasteiger partial charge is 0.332 e. The molecule has 0 aromatic carbocycles. The minimum atomic E-state index is -3.88. The van der Waals surface area contributed by atoms with Crippen molar-refractivity contribution in [3.05, 3.63) is 12.7 Å². The van der Waals surface area contributed by atoms with Crippen LogP contribution in [0.25, 0.3) is 0 Å². The number of rotatable bonds is 12. The molecule has 1 heterocycles. The number of ketones is 2. The summed E-state index contributed by atoms with van der Waals surface area (Å²) >= 11 is 0. The standard InChI is InChI=1S/C38H59N3O6S/c1-8-25-20-36(25,32(45)40-48(46,47)35(7)17-18-35)22-29(43)27-21-38(34(5,6)37(38)15-12-16-37)23-41(27)31(44)26(33(2,3)4)19-28(42)30(39)24-13-10-9-11-14-24/h8,24-27,30H,1,9-23,39H2,2-7H3,(H,40,45)/t25-,26-,27+,30+,36-,38-/m1/s1. The van der Waals surface area contributed by atoms with Crippen molar-refractivity contribution >= 4 is 33.4 Å². The summed E-state index contributed by atoms with van der Waals surface area (Å²) in [5, 5.41) is 0. The Balaban J connectivity index is 1.27. The first-order chi connectivity index (χ1) is 22.2. The van der Waals surface area contributed by atoms with E-state index < -0.39 is 49.5 Å². The molecular formula is C38H59N3O6S. The van der Waals surface area contributed by atoms with Crippen molar-refractivity contribution in [2.75, 3.05) is 6.54 Å². The second kappa shape index (κ2) is 11.5. The van der Waals surface area contributed by atoms with Crippen LogP contribution in [0, 0.1) is 44.8 Å². The molecule has 9 nitrogen and oxygen atoms in total. The van der Waals surface area contributed by atoms with Gasteiger partial charge in [-0.15, -0.1) is 6.58 Å². The number of carbonyl (C=O) groups is 4. The Morgan fingerprint density at radius 3 is 2.06 bits per heavy atom. The number of amides is 2. The summed E-state index contributed by atoms with van der Waals surface area (Å²) < 4.78 is 27.4. The van der Waals surface area contributed by atoms with Crippen molar-refractivity contribution in [1.29, 1.82) is 0 Å². The average molecular weight is 686 g/mol. The number of likely N-dealkylation sites (tertiary alicyclic amines) is 1. The first kappa shape index (κ1) is 35.7. The maximum absolute atomic E-state index is 14.8. The quantitative estimate of drug-likeness (QED) is 0.260. The predicted molar refractivity (Wildman–Crippen MR) is 185 cm³/mol. The van der Waals surface area contributed by atoms with Gasteiger partial charge in [-0.1, -0.05) is 66.4 Å². The van der Waals surface area contributed by atoms with E-state index in [0.717, 1.165) is 51.4 Å². The van der Waals surface area contributed by atoms with Gasteiger partial charge in [0.15, 0.2) is 11.6 Å². The van der Waals surface area contributed by atoms with Crippen molar-refractivity contribution in [3.63, 3.8) is 0 Å². The number of nitrogens with one attached hydrogen (secondary N) is 1. The van der Waals surface area contributed by atoms with Gasteiger partial charge in [0.1, 0.15) is 0 Å². The van der Waals surface area contributed by atoms with Gasteiger partial charge in [-0.3, -0.25) is 23.9 Å². The van der Waals surface area contributed by atoms with Gasteiger partial charge in [0.05, 0.1) is 22.2 Å². The second-order valence-electron chi connectivity index (χ2n) is 18.6. The number of Topliss-reactive ketones (excluding diaryl/α,β-unsaturated/α-hetero) is 2. The van der Waals surface area contributed by atoms with Crippen LogP contribution in [0.1, 0.15) is 131 Å². The lowest BCUT2D eigenvalue weighted by atomic mass is 9.73. The molecule has 268 valence electrons. The molecule has 0 radical (unpaired) electrons. The van der Waals surface area contributed by atoms with E-state index in [4.69, 9.17) is 5.73 Å². The fraction of sp³-hybridized carbons (Fsp3) is 0.842. The van der Waals surface area contributed by atoms with E-state index in [1.54, 1.807) is 17.9 Å². The molecule has 0 bridgehead atoms. The lowest BCUT2D eigenvalue weighted by molar-refractivity contribution is -0.146. The molecular weight excluding hydrogens is 627 g/mol. The van der Waals surface area contributed by atoms with Crippen molar-refractivity contribution in [3.8, 4) is 0 Å². The molecule has 1 aliphatic heterocycles. The van der Waals surface area contributed by atoms with Gasteiger partial charge in [0.25, 0.3) is 0 Å². The van der Waals surface area contributed by atoms with E-state index in [2.05, 4.69) is 25.1 Å². The minimum Gasteiger partial charge on any atom is -0.332 e. The molecule has 3 N–H and O–H groups in total. The van der Waals surface area contributed by atoms with Gasteiger partial charge in [-0.05, 0) is 86.4 Å². The lowest BCUT2D eigenvalue weighted by Crippen LogP contribution is -2.50. The highest BCUT2D eigenvalue weighted by Gasteiger charge is 2.85. The predicted octanol–water partition coefficient (Wildman–Crippen LogP) is 5.46. The van der Waals surface area contributed by atoms with Gasteiger partial charge in [0.2, 0.25) is 21.8 Å². The Morgan fingerprint density at radius 2 is 1.58 bits per heavy atom. The van der Waals surface area contributed by atoms with E-state index in [-0.39, 0.29) is 58.4 Å². The van der Waals surface area contributed by atoms with Gasteiger partial charge < -0.3 is 10.6 Å². The summed E-state index contributed by atoms with van der Waals surface area (Å²) in [5.41, 5.74) is 4.63. The van der Waals surface area contributed by atoms with Gasteiger partial charge in [-0.25, -0.2) is 8.42 Å². The van der Waals surface area contributed by atoms with Crippen molar-refractivity contribution < 1.29 is 27.6 Å². The smallest absolute Gasteiger partial charge is 0.240 e. The zero-order chi connectivity index (χ0) is 35.3. The minimum absolute atomic E-state index is 0.0421. The van der Waals surface area contributed by atoms with Crippen LogP contribution in [-0.2, 0) is 29.2 Å². The number of nitrogens with two attached hydrogens (primary N) is 1. The number of fused-ring (bicyclic) bond motifs is 1. The summed E-state index contributed by atoms with van der Waals surface area (Å²) in [5.74, 6) is -1.93. The molecule has 6 aliphatic rings. The summed E-state index contributed by atoms with van der Waals surface area (Å²) in [6.07, 6.45) is 11.9. The monoisotopic (exact) mass is 685 g/mol. The Morgan fingerprint density at radius 1 is 0.958 bits per heavy atom. The fourth-order valence-corrected chi connectivity index (χ4v) is 11.9. The van der Waals surface area contributed by atoms with E-state index in [1.165, 1.54) is 0 Å². The molecule has 2 amide bonds. The van der Waals surface area contributed by atoms with Gasteiger partial charge >= 0.3 is 0 Å². The highest BCUT2D eigenvalue weighted by molar-refractivity contribution is 7.91. The number of allylic oxidation sites excluding steroid dienone is 1. The number of nitrogens with zero attached hydrogens (tertiary/aromatic N) is 1. The van der Waals surface area contributed by atoms with E-state index in [0.29, 0.717) is 32.2 Å². The number of hydrogen-bond donors (Lipinski definition) is 2. The summed E-state index contributed by atoms with van der Waals surface area (Å²) in [6.45, 7) is 16.4. The van der Waals surface area contributed by atoms with Crippen LogP contribution < -0.4 is 10.5 Å². The number of sulfonamides is 1. The molecule has 6 rings (SSSR count). The lowest BCUT2D eigenvalue weighted by Gasteiger charge is -2.36. The Kier molecular flexibility index (Phi) is 8.54. The van der Waals surface area contributed by atoms with Crippen LogP contribution in [0.15, 0.2) is 12.7 Å². The maximum atomic E-state index is 14.8. The maximum Gasteiger partial charge on any atom is 0.240 e. The van der Waals surface area contributed by atoms with Gasteiger partial charge in [0, 0.05) is 30.7 Å². The summed E-state index contributed by atoms with van der Waals surface area (Å²) in [7, 11) is -3.88. The molecule has 0 unspecified atom stereocenters. The third-order valence-corrected chi connectivity index (χ3v) is 17.1. The summed E-state index contributed by atoms with van der Waals surface area (Å²) in [4.78, 5) is 58.6. The number of carbonyl (C=O) groups excluding carboxylic acids is 4. The van der Waals surface area contributed by atoms with Crippen LogP contribution in [0.5, 0.6) is 0 Å². The molecule has 10 heteroatoms. The topological polar surface area (TPSA) is 144 Å². The second-order valence-corrected chi connectivity index (χ2v) is 20.8. The van der Waals surface area contributed by atoms with Crippen molar-refractivity contribution in [2.45, 2.75) is 148 Å². The first-order valence-corrected chi connectivity index (χ1v) is 20.0. The van der Waals surface area contributed by atoms with E-state index in [1.807, 2.05) is 20.8 Å². The Hall–Kier alpha value is -2.07. The third-order valence-electron chi connectivity index (χ3n) is 14.9. The average Bonchev–Trinajstić information content (AvgIpc) is 3.92. The molecule has 1 saturated heterocycles. The fourth-order valence-electron chi connectivity index (χ4n) is 10.6. The van der Waals surface area contributed by atoms with Crippen LogP contribution in [0.2, 0.25) is 0 Å². The van der Waals surface area contributed by atoms with Crippen molar-refractivity contribution in [2.24, 2.45) is 50.6 Å². The summed E-state index contributed by atoms with van der Waals surface area (Å²) in [6, 6.07) is -1.33. The molecule has 2 spiro atoms. The Labute approximate surface area is 288 Å². The first-order valence-electron chi connectivity index (χ1n) is 18.5. The van der Waals surface area contributed by atoms with E-state index in [9.17, 15) is 27.6 Å². The third kappa shape index (κ3) is 5.27. The molecule has 6 fully saturated rings. The SMILES string of the molecule is C=C[C@@H]1C[C@]1(CC(=O)[C@@H]1C[C@@]2(CN1C(=O)[C@@H](CC(=O)[C@@H](N)C1CCCCC1)C(C)(C)C)C(C)(C)C21CCC1)C(=O)NS(=O)(=O)C1(C)CC1. The van der Waals surface area contributed by atoms with Crippen LogP contribution in [0.3, 0.4) is 0 Å². The highest BCUT2D eigenvalue weighted by atomic mass is 32.2. The van der Waals surface area contributed by atoms with Crippen LogP contribution >= 0.6 is 0 Å². The van der Waals surface area contributed by atoms with Crippen molar-refractivity contribution in [1.82, 2.24) is 9.62 Å². The molecule has 0 aromatic rings. The number of hydrogen-bond acceptors (Lipinski definition) is 7. The normalized spacial score (nSPS) is 34.2. The van der Waals surface area contributed by atoms with Crippen LogP contribution in [0.4, 0.5) is 0 Å². The zero-order valence-electron chi connectivity index (χ0n) is 30.2. The molecule has 0 aromatic heterocycles. The molecule has 6 atom stereocenters. The molecule has 48 heavy (non-hydrogen) atoms. The van der Waals surface area contributed by atoms with Crippen LogP contribution in [-0.4, -0.2) is 60.1 Å². The van der Waals surface area contributed by atoms with Gasteiger partial charge in [-0.2, -0.15) is 0 Å². The zero-order valence-corrected chi connectivity index (χ0v) is 31.0. The molecule has 5 saturated carbocycles.